The Morgan fingerprint density at radius 3 is 2.43 bits per heavy atom. The van der Waals surface area contributed by atoms with Crippen molar-refractivity contribution in [2.75, 3.05) is 6.54 Å². The van der Waals surface area contributed by atoms with Gasteiger partial charge in [0.1, 0.15) is 0 Å². The lowest BCUT2D eigenvalue weighted by Crippen LogP contribution is -2.36. The summed E-state index contributed by atoms with van der Waals surface area (Å²) in [4.78, 5) is 52.7. The fraction of sp³-hybridized carbons (Fsp3) is 0.625. The van der Waals surface area contributed by atoms with Crippen molar-refractivity contribution in [2.24, 2.45) is 0 Å². The fourth-order valence-corrected chi connectivity index (χ4v) is 3.04. The average molecular weight is 320 g/mol. The molecule has 7 heteroatoms. The highest BCUT2D eigenvalue weighted by atomic mass is 16.7. The van der Waals surface area contributed by atoms with E-state index in [1.807, 2.05) is 11.0 Å². The van der Waals surface area contributed by atoms with Crippen molar-refractivity contribution in [3.8, 4) is 0 Å². The Hall–Kier alpha value is -2.18. The number of carbonyl (C=O) groups excluding carboxylic acids is 4. The number of unbranched alkanes of at least 4 members (excludes halogenated alkanes) is 2. The minimum Gasteiger partial charge on any atom is -0.330 e. The molecule has 3 amide bonds. The SMILES string of the molecule is O=C(CCCCCN1C(=O)C=CC12CC2)ON1C(=O)CCC1=O. The number of imide groups is 1. The van der Waals surface area contributed by atoms with E-state index in [1.165, 1.54) is 0 Å². The lowest BCUT2D eigenvalue weighted by molar-refractivity contribution is -0.197. The van der Waals surface area contributed by atoms with Crippen LogP contribution in [0.5, 0.6) is 0 Å². The summed E-state index contributed by atoms with van der Waals surface area (Å²) in [6, 6.07) is 0. The Kier molecular flexibility index (Phi) is 4.19. The largest absolute Gasteiger partial charge is 0.333 e. The molecule has 0 aromatic rings. The highest BCUT2D eigenvalue weighted by molar-refractivity contribution is 6.01. The minimum absolute atomic E-state index is 0.00745. The van der Waals surface area contributed by atoms with Gasteiger partial charge in [-0.1, -0.05) is 12.5 Å². The summed E-state index contributed by atoms with van der Waals surface area (Å²) in [6.07, 6.45) is 8.31. The van der Waals surface area contributed by atoms with Crippen molar-refractivity contribution in [3.63, 3.8) is 0 Å². The molecule has 0 atom stereocenters. The Morgan fingerprint density at radius 2 is 1.78 bits per heavy atom. The van der Waals surface area contributed by atoms with Gasteiger partial charge in [0, 0.05) is 31.9 Å². The zero-order valence-electron chi connectivity index (χ0n) is 13.0. The molecule has 23 heavy (non-hydrogen) atoms. The third-order valence-corrected chi connectivity index (χ3v) is 4.56. The maximum Gasteiger partial charge on any atom is 0.333 e. The summed E-state index contributed by atoms with van der Waals surface area (Å²) in [5.41, 5.74) is -0.00745. The molecule has 1 saturated carbocycles. The van der Waals surface area contributed by atoms with Crippen LogP contribution >= 0.6 is 0 Å². The van der Waals surface area contributed by atoms with Crippen molar-refractivity contribution < 1.29 is 24.0 Å². The van der Waals surface area contributed by atoms with Crippen LogP contribution < -0.4 is 0 Å². The van der Waals surface area contributed by atoms with Crippen LogP contribution in [-0.4, -0.2) is 45.7 Å². The first-order valence-corrected chi connectivity index (χ1v) is 8.09. The highest BCUT2D eigenvalue weighted by Crippen LogP contribution is 2.46. The average Bonchev–Trinajstić information content (AvgIpc) is 3.16. The third kappa shape index (κ3) is 3.28. The van der Waals surface area contributed by atoms with Gasteiger partial charge >= 0.3 is 5.97 Å². The number of nitrogens with zero attached hydrogens (tertiary/aromatic N) is 2. The number of amides is 3. The highest BCUT2D eigenvalue weighted by Gasteiger charge is 2.50. The molecular formula is C16H20N2O5. The molecule has 3 rings (SSSR count). The Morgan fingerprint density at radius 1 is 1.09 bits per heavy atom. The fourth-order valence-electron chi connectivity index (χ4n) is 3.04. The van der Waals surface area contributed by atoms with Crippen LogP contribution in [-0.2, 0) is 24.0 Å². The first kappa shape index (κ1) is 15.7. The molecule has 0 aromatic carbocycles. The van der Waals surface area contributed by atoms with Crippen LogP contribution in [0.15, 0.2) is 12.2 Å². The van der Waals surface area contributed by atoms with Gasteiger partial charge in [0.25, 0.3) is 11.8 Å². The van der Waals surface area contributed by atoms with Crippen LogP contribution in [0, 0.1) is 0 Å². The lowest BCUT2D eigenvalue weighted by Gasteiger charge is -2.24. The first-order valence-electron chi connectivity index (χ1n) is 8.09. The zero-order chi connectivity index (χ0) is 16.4. The summed E-state index contributed by atoms with van der Waals surface area (Å²) in [6.45, 7) is 0.698. The molecule has 1 spiro atoms. The third-order valence-electron chi connectivity index (χ3n) is 4.56. The second-order valence-electron chi connectivity index (χ2n) is 6.28. The smallest absolute Gasteiger partial charge is 0.330 e. The summed E-state index contributed by atoms with van der Waals surface area (Å²) in [5.74, 6) is -1.41. The van der Waals surface area contributed by atoms with Crippen molar-refractivity contribution in [2.45, 2.75) is 56.9 Å². The van der Waals surface area contributed by atoms with Crippen molar-refractivity contribution in [3.05, 3.63) is 12.2 Å². The van der Waals surface area contributed by atoms with Crippen LogP contribution in [0.25, 0.3) is 0 Å². The van der Waals surface area contributed by atoms with Crippen molar-refractivity contribution in [1.82, 2.24) is 9.96 Å². The molecule has 2 heterocycles. The number of rotatable bonds is 7. The predicted octanol–water partition coefficient (Wildman–Crippen LogP) is 1.08. The van der Waals surface area contributed by atoms with Crippen LogP contribution in [0.1, 0.15) is 51.4 Å². The van der Waals surface area contributed by atoms with Gasteiger partial charge in [-0.2, -0.15) is 0 Å². The maximum absolute atomic E-state index is 11.8. The Bertz CT molecular complexity index is 563. The predicted molar refractivity (Wildman–Crippen MR) is 78.5 cm³/mol. The van der Waals surface area contributed by atoms with Crippen LogP contribution in [0.3, 0.4) is 0 Å². The van der Waals surface area contributed by atoms with Crippen molar-refractivity contribution in [1.29, 1.82) is 0 Å². The quantitative estimate of drug-likeness (QED) is 0.518. The maximum atomic E-state index is 11.8. The van der Waals surface area contributed by atoms with E-state index in [0.29, 0.717) is 18.0 Å². The van der Waals surface area contributed by atoms with E-state index >= 15 is 0 Å². The van der Waals surface area contributed by atoms with E-state index in [4.69, 9.17) is 4.84 Å². The molecule has 7 nitrogen and oxygen atoms in total. The van der Waals surface area contributed by atoms with Gasteiger partial charge in [-0.15, -0.1) is 5.06 Å². The Balaban J connectivity index is 1.31. The van der Waals surface area contributed by atoms with Crippen molar-refractivity contribution >= 4 is 23.7 Å². The summed E-state index contributed by atoms with van der Waals surface area (Å²) >= 11 is 0. The standard InChI is InChI=1S/C16H20N2O5/c19-12-7-8-16(9-10-16)17(12)11-3-1-2-4-15(22)23-18-13(20)5-6-14(18)21/h7-8H,1-6,9-11H2. The summed E-state index contributed by atoms with van der Waals surface area (Å²) < 4.78 is 0. The molecule has 0 unspecified atom stereocenters. The first-order chi connectivity index (χ1) is 11.0. The van der Waals surface area contributed by atoms with Gasteiger partial charge in [-0.25, -0.2) is 4.79 Å². The van der Waals surface area contributed by atoms with Crippen LogP contribution in [0.4, 0.5) is 0 Å². The summed E-state index contributed by atoms with van der Waals surface area (Å²) in [5, 5.41) is 0.577. The molecular weight excluding hydrogens is 300 g/mol. The second-order valence-corrected chi connectivity index (χ2v) is 6.28. The van der Waals surface area contributed by atoms with E-state index in [0.717, 1.165) is 25.7 Å². The molecule has 2 aliphatic heterocycles. The number of hydrogen-bond acceptors (Lipinski definition) is 5. The van der Waals surface area contributed by atoms with E-state index in [2.05, 4.69) is 0 Å². The zero-order valence-corrected chi connectivity index (χ0v) is 13.0. The monoisotopic (exact) mass is 320 g/mol. The molecule has 2 fully saturated rings. The van der Waals surface area contributed by atoms with Gasteiger partial charge in [0.2, 0.25) is 5.91 Å². The summed E-state index contributed by atoms with van der Waals surface area (Å²) in [7, 11) is 0. The molecule has 0 bridgehead atoms. The van der Waals surface area contributed by atoms with Gasteiger partial charge in [-0.05, 0) is 25.7 Å². The Labute approximate surface area is 134 Å². The number of carbonyl (C=O) groups is 4. The number of hydrogen-bond donors (Lipinski definition) is 0. The van der Waals surface area contributed by atoms with Gasteiger partial charge in [0.15, 0.2) is 0 Å². The molecule has 1 aliphatic carbocycles. The molecule has 124 valence electrons. The number of hydroxylamine groups is 2. The molecule has 0 aromatic heterocycles. The normalized spacial score (nSPS) is 21.7. The molecule has 0 radical (unpaired) electrons. The van der Waals surface area contributed by atoms with E-state index in [9.17, 15) is 19.2 Å². The molecule has 1 saturated heterocycles. The lowest BCUT2D eigenvalue weighted by atomic mass is 10.1. The van der Waals surface area contributed by atoms with Gasteiger partial charge in [0.05, 0.1) is 5.54 Å². The van der Waals surface area contributed by atoms with Crippen LogP contribution in [0.2, 0.25) is 0 Å². The van der Waals surface area contributed by atoms with Gasteiger partial charge in [-0.3, -0.25) is 14.4 Å². The minimum atomic E-state index is -0.564. The second kappa shape index (κ2) is 6.14. The van der Waals surface area contributed by atoms with Gasteiger partial charge < -0.3 is 9.74 Å². The molecule has 3 aliphatic rings. The topological polar surface area (TPSA) is 84.0 Å². The van der Waals surface area contributed by atoms with E-state index in [-0.39, 0.29) is 30.7 Å². The van der Waals surface area contributed by atoms with E-state index in [1.54, 1.807) is 6.08 Å². The molecule has 0 N–H and O–H groups in total. The van der Waals surface area contributed by atoms with E-state index < -0.39 is 17.8 Å².